The Hall–Kier alpha value is -2.08. The summed E-state index contributed by atoms with van der Waals surface area (Å²) in [6.45, 7) is 0. The highest BCUT2D eigenvalue weighted by Crippen LogP contribution is 2.33. The van der Waals surface area contributed by atoms with Gasteiger partial charge in [0.05, 0.1) is 20.8 Å². The van der Waals surface area contributed by atoms with Crippen molar-refractivity contribution in [1.82, 2.24) is 4.98 Å². The van der Waals surface area contributed by atoms with Crippen molar-refractivity contribution in [2.75, 3.05) is 0 Å². The van der Waals surface area contributed by atoms with Crippen LogP contribution in [0.1, 0.15) is 16.1 Å². The molecular formula is C15H10F3NOS. The zero-order valence-corrected chi connectivity index (χ0v) is 11.5. The molecule has 1 N–H and O–H groups in total. The number of hydrogen-bond acceptors (Lipinski definition) is 3. The molecule has 3 aromatic rings. The second kappa shape index (κ2) is 5.04. The highest BCUT2D eigenvalue weighted by molar-refractivity contribution is 7.18. The van der Waals surface area contributed by atoms with Crippen LogP contribution in [0.15, 0.2) is 42.5 Å². The Kier molecular flexibility index (Phi) is 3.33. The van der Waals surface area contributed by atoms with Gasteiger partial charge in [0.1, 0.15) is 5.75 Å². The van der Waals surface area contributed by atoms with E-state index in [0.717, 1.165) is 12.1 Å². The molecule has 0 spiro atoms. The van der Waals surface area contributed by atoms with Crippen LogP contribution in [0.4, 0.5) is 13.2 Å². The minimum absolute atomic E-state index is 0.160. The molecule has 2 aromatic carbocycles. The number of aromatic nitrogens is 1. The summed E-state index contributed by atoms with van der Waals surface area (Å²) >= 11 is 1.33. The number of benzene rings is 2. The lowest BCUT2D eigenvalue weighted by Gasteiger charge is -2.04. The average molecular weight is 309 g/mol. The van der Waals surface area contributed by atoms with Crippen molar-refractivity contribution in [3.63, 3.8) is 0 Å². The molecule has 6 heteroatoms. The number of fused-ring (bicyclic) bond motifs is 1. The summed E-state index contributed by atoms with van der Waals surface area (Å²) in [7, 11) is 0. The molecule has 3 rings (SSSR count). The van der Waals surface area contributed by atoms with Crippen LogP contribution in [0.25, 0.3) is 10.2 Å². The van der Waals surface area contributed by atoms with Crippen molar-refractivity contribution in [3.8, 4) is 5.75 Å². The maximum atomic E-state index is 12.7. The van der Waals surface area contributed by atoms with Gasteiger partial charge < -0.3 is 5.11 Å². The van der Waals surface area contributed by atoms with Crippen LogP contribution in [-0.4, -0.2) is 10.1 Å². The molecular weight excluding hydrogens is 299 g/mol. The number of alkyl halides is 3. The lowest BCUT2D eigenvalue weighted by Crippen LogP contribution is -2.03. The van der Waals surface area contributed by atoms with Crippen LogP contribution in [0, 0.1) is 0 Å². The minimum atomic E-state index is -4.37. The number of rotatable bonds is 2. The van der Waals surface area contributed by atoms with Crippen molar-refractivity contribution in [2.45, 2.75) is 12.6 Å². The summed E-state index contributed by atoms with van der Waals surface area (Å²) in [6, 6.07) is 10.4. The summed E-state index contributed by atoms with van der Waals surface area (Å²) in [6.07, 6.45) is -3.97. The van der Waals surface area contributed by atoms with Gasteiger partial charge in [-0.05, 0) is 24.3 Å². The number of halogens is 3. The molecule has 0 fully saturated rings. The Morgan fingerprint density at radius 1 is 1.10 bits per heavy atom. The van der Waals surface area contributed by atoms with Crippen LogP contribution in [0.3, 0.4) is 0 Å². The molecule has 0 bridgehead atoms. The van der Waals surface area contributed by atoms with Gasteiger partial charge in [-0.3, -0.25) is 0 Å². The summed E-state index contributed by atoms with van der Waals surface area (Å²) in [5, 5.41) is 10.4. The third-order valence-corrected chi connectivity index (χ3v) is 4.13. The number of nitrogens with zero attached hydrogens (tertiary/aromatic N) is 1. The first-order chi connectivity index (χ1) is 9.93. The van der Waals surface area contributed by atoms with E-state index in [0.29, 0.717) is 27.2 Å². The maximum absolute atomic E-state index is 12.7. The predicted molar refractivity (Wildman–Crippen MR) is 75.5 cm³/mol. The van der Waals surface area contributed by atoms with Gasteiger partial charge in [0.2, 0.25) is 0 Å². The highest BCUT2D eigenvalue weighted by atomic mass is 32.1. The smallest absolute Gasteiger partial charge is 0.416 e. The SMILES string of the molecule is Oc1ccccc1Cc1nc2cc(C(F)(F)F)ccc2s1. The van der Waals surface area contributed by atoms with Gasteiger partial charge in [-0.15, -0.1) is 11.3 Å². The summed E-state index contributed by atoms with van der Waals surface area (Å²) in [5.41, 5.74) is 0.335. The Morgan fingerprint density at radius 3 is 2.57 bits per heavy atom. The van der Waals surface area contributed by atoms with Gasteiger partial charge in [-0.2, -0.15) is 13.2 Å². The van der Waals surface area contributed by atoms with E-state index in [1.54, 1.807) is 24.3 Å². The fraction of sp³-hybridized carbons (Fsp3) is 0.133. The van der Waals surface area contributed by atoms with E-state index in [4.69, 9.17) is 0 Å². The van der Waals surface area contributed by atoms with Crippen molar-refractivity contribution in [1.29, 1.82) is 0 Å². The maximum Gasteiger partial charge on any atom is 0.416 e. The van der Waals surface area contributed by atoms with E-state index in [1.807, 2.05) is 0 Å². The second-order valence-electron chi connectivity index (χ2n) is 4.59. The van der Waals surface area contributed by atoms with Gasteiger partial charge in [0.25, 0.3) is 0 Å². The number of aromatic hydroxyl groups is 1. The Bertz CT molecular complexity index is 795. The van der Waals surface area contributed by atoms with Gasteiger partial charge in [0, 0.05) is 12.0 Å². The lowest BCUT2D eigenvalue weighted by atomic mass is 10.1. The molecule has 108 valence electrons. The minimum Gasteiger partial charge on any atom is -0.508 e. The molecule has 0 radical (unpaired) electrons. The van der Waals surface area contributed by atoms with Crippen molar-refractivity contribution in [3.05, 3.63) is 58.6 Å². The molecule has 0 aliphatic rings. The van der Waals surface area contributed by atoms with Crippen molar-refractivity contribution < 1.29 is 18.3 Å². The number of thiazole rings is 1. The molecule has 0 atom stereocenters. The highest BCUT2D eigenvalue weighted by Gasteiger charge is 2.30. The average Bonchev–Trinajstić information content (AvgIpc) is 2.81. The van der Waals surface area contributed by atoms with E-state index in [9.17, 15) is 18.3 Å². The molecule has 2 nitrogen and oxygen atoms in total. The lowest BCUT2D eigenvalue weighted by molar-refractivity contribution is -0.137. The van der Waals surface area contributed by atoms with E-state index >= 15 is 0 Å². The molecule has 0 saturated carbocycles. The summed E-state index contributed by atoms with van der Waals surface area (Å²) in [5.74, 6) is 0.160. The van der Waals surface area contributed by atoms with Crippen molar-refractivity contribution >= 4 is 21.6 Å². The third-order valence-electron chi connectivity index (χ3n) is 3.09. The number of phenols is 1. The molecule has 1 heterocycles. The van der Waals surface area contributed by atoms with Gasteiger partial charge in [-0.25, -0.2) is 4.98 Å². The standard InChI is InChI=1S/C15H10F3NOS/c16-15(17,18)10-5-6-13-11(8-10)19-14(21-13)7-9-3-1-2-4-12(9)20/h1-6,8,20H,7H2. The van der Waals surface area contributed by atoms with Crippen LogP contribution in [0.2, 0.25) is 0 Å². The molecule has 21 heavy (non-hydrogen) atoms. The Morgan fingerprint density at radius 2 is 1.86 bits per heavy atom. The molecule has 0 aliphatic heterocycles. The van der Waals surface area contributed by atoms with E-state index < -0.39 is 11.7 Å². The predicted octanol–water partition coefficient (Wildman–Crippen LogP) is 4.61. The topological polar surface area (TPSA) is 33.1 Å². The van der Waals surface area contributed by atoms with Gasteiger partial charge in [0.15, 0.2) is 0 Å². The van der Waals surface area contributed by atoms with Crippen LogP contribution in [0.5, 0.6) is 5.75 Å². The second-order valence-corrected chi connectivity index (χ2v) is 5.71. The van der Waals surface area contributed by atoms with Gasteiger partial charge >= 0.3 is 6.18 Å². The Labute approximate surface area is 122 Å². The monoisotopic (exact) mass is 309 g/mol. The zero-order chi connectivity index (χ0) is 15.0. The van der Waals surface area contributed by atoms with Crippen molar-refractivity contribution in [2.24, 2.45) is 0 Å². The van der Waals surface area contributed by atoms with Crippen LogP contribution >= 0.6 is 11.3 Å². The summed E-state index contributed by atoms with van der Waals surface area (Å²) < 4.78 is 38.7. The first kappa shape index (κ1) is 13.9. The molecule has 0 amide bonds. The van der Waals surface area contributed by atoms with E-state index in [1.165, 1.54) is 17.4 Å². The Balaban J connectivity index is 1.96. The largest absolute Gasteiger partial charge is 0.508 e. The first-order valence-electron chi connectivity index (χ1n) is 6.17. The van der Waals surface area contributed by atoms with Gasteiger partial charge in [-0.1, -0.05) is 18.2 Å². The fourth-order valence-corrected chi connectivity index (χ4v) is 3.02. The number of phenolic OH excluding ortho intramolecular Hbond substituents is 1. The van der Waals surface area contributed by atoms with E-state index in [-0.39, 0.29) is 5.75 Å². The number of para-hydroxylation sites is 1. The normalized spacial score (nSPS) is 12.0. The third kappa shape index (κ3) is 2.85. The van der Waals surface area contributed by atoms with Crippen LogP contribution < -0.4 is 0 Å². The molecule has 0 unspecified atom stereocenters. The molecule has 1 aromatic heterocycles. The van der Waals surface area contributed by atoms with E-state index in [2.05, 4.69) is 4.98 Å². The fourth-order valence-electron chi connectivity index (χ4n) is 2.05. The zero-order valence-electron chi connectivity index (χ0n) is 10.7. The summed E-state index contributed by atoms with van der Waals surface area (Å²) in [4.78, 5) is 4.23. The first-order valence-corrected chi connectivity index (χ1v) is 6.99. The molecule has 0 saturated heterocycles. The quantitative estimate of drug-likeness (QED) is 0.750. The molecule has 0 aliphatic carbocycles. The van der Waals surface area contributed by atoms with Crippen LogP contribution in [-0.2, 0) is 12.6 Å². The number of hydrogen-bond donors (Lipinski definition) is 1.